The molecule has 0 aromatic carbocycles. The van der Waals surface area contributed by atoms with E-state index in [2.05, 4.69) is 12.2 Å². The summed E-state index contributed by atoms with van der Waals surface area (Å²) in [5.41, 5.74) is 0. The topological polar surface area (TPSA) is 52.5 Å². The normalized spacial score (nSPS) is 31.2. The van der Waals surface area contributed by atoms with Crippen LogP contribution in [-0.4, -0.2) is 46.5 Å². The van der Waals surface area contributed by atoms with Crippen LogP contribution in [0.2, 0.25) is 0 Å². The van der Waals surface area contributed by atoms with Gasteiger partial charge in [0.1, 0.15) is 0 Å². The summed E-state index contributed by atoms with van der Waals surface area (Å²) in [4.78, 5) is 0. The zero-order valence-electron chi connectivity index (χ0n) is 9.65. The van der Waals surface area contributed by atoms with E-state index in [9.17, 15) is 5.11 Å². The molecule has 2 unspecified atom stereocenters. The van der Waals surface area contributed by atoms with Gasteiger partial charge in [-0.05, 0) is 26.0 Å². The molecule has 3 nitrogen and oxygen atoms in total. The summed E-state index contributed by atoms with van der Waals surface area (Å²) in [5.74, 6) is 0. The van der Waals surface area contributed by atoms with Crippen molar-refractivity contribution >= 4 is 11.8 Å². The molecule has 0 saturated heterocycles. The molecule has 1 aliphatic rings. The van der Waals surface area contributed by atoms with Gasteiger partial charge < -0.3 is 15.5 Å². The lowest BCUT2D eigenvalue weighted by Gasteiger charge is -2.33. The predicted molar refractivity (Wildman–Crippen MR) is 65.2 cm³/mol. The lowest BCUT2D eigenvalue weighted by atomic mass is 9.92. The van der Waals surface area contributed by atoms with Crippen molar-refractivity contribution in [3.05, 3.63) is 0 Å². The third-order valence-corrected chi connectivity index (χ3v) is 4.41. The fourth-order valence-electron chi connectivity index (χ4n) is 2.19. The zero-order valence-corrected chi connectivity index (χ0v) is 10.5. The van der Waals surface area contributed by atoms with Crippen LogP contribution in [0.1, 0.15) is 32.6 Å². The van der Waals surface area contributed by atoms with Crippen molar-refractivity contribution in [1.82, 2.24) is 5.32 Å². The Morgan fingerprint density at radius 1 is 1.40 bits per heavy atom. The van der Waals surface area contributed by atoms with Gasteiger partial charge in [-0.25, -0.2) is 0 Å². The van der Waals surface area contributed by atoms with Gasteiger partial charge in [-0.2, -0.15) is 11.8 Å². The van der Waals surface area contributed by atoms with Gasteiger partial charge in [-0.1, -0.05) is 12.8 Å². The predicted octanol–water partition coefficient (Wildman–Crippen LogP) is 0.992. The zero-order chi connectivity index (χ0) is 11.3. The van der Waals surface area contributed by atoms with Crippen LogP contribution < -0.4 is 5.32 Å². The molecule has 0 amide bonds. The van der Waals surface area contributed by atoms with E-state index in [0.29, 0.717) is 0 Å². The van der Waals surface area contributed by atoms with Crippen LogP contribution in [0.15, 0.2) is 0 Å². The molecule has 0 aliphatic heterocycles. The Morgan fingerprint density at radius 2 is 2.07 bits per heavy atom. The lowest BCUT2D eigenvalue weighted by molar-refractivity contribution is 0.0843. The molecule has 0 radical (unpaired) electrons. The minimum absolute atomic E-state index is 0.193. The fraction of sp³-hybridized carbons (Fsp3) is 1.00. The SMILES string of the molecule is CSC(CO)C(C)N[C@@H]1CCCC[C@H]1O. The Labute approximate surface area is 96.6 Å². The van der Waals surface area contributed by atoms with E-state index in [1.54, 1.807) is 11.8 Å². The molecule has 4 atom stereocenters. The summed E-state index contributed by atoms with van der Waals surface area (Å²) in [6.45, 7) is 2.27. The molecule has 1 fully saturated rings. The molecule has 1 rings (SSSR count). The highest BCUT2D eigenvalue weighted by Gasteiger charge is 2.26. The second kappa shape index (κ2) is 6.74. The third-order valence-electron chi connectivity index (χ3n) is 3.25. The van der Waals surface area contributed by atoms with Crippen LogP contribution in [0.3, 0.4) is 0 Å². The minimum atomic E-state index is -0.206. The summed E-state index contributed by atoms with van der Waals surface area (Å²) in [6.07, 6.45) is 6.11. The maximum Gasteiger partial charge on any atom is 0.0693 e. The number of hydrogen-bond acceptors (Lipinski definition) is 4. The Kier molecular flexibility index (Phi) is 5.97. The Balaban J connectivity index is 2.38. The largest absolute Gasteiger partial charge is 0.395 e. The van der Waals surface area contributed by atoms with Gasteiger partial charge in [-0.3, -0.25) is 0 Å². The molecule has 0 aromatic rings. The van der Waals surface area contributed by atoms with Crippen molar-refractivity contribution in [2.45, 2.75) is 56.0 Å². The molecular weight excluding hydrogens is 210 g/mol. The number of thioether (sulfide) groups is 1. The first-order chi connectivity index (χ1) is 7.19. The summed E-state index contributed by atoms with van der Waals surface area (Å²) in [6, 6.07) is 0.470. The van der Waals surface area contributed by atoms with E-state index in [1.165, 1.54) is 6.42 Å². The van der Waals surface area contributed by atoms with E-state index in [1.807, 2.05) is 6.26 Å². The molecule has 15 heavy (non-hydrogen) atoms. The van der Waals surface area contributed by atoms with Crippen LogP contribution in [0.25, 0.3) is 0 Å². The number of hydrogen-bond donors (Lipinski definition) is 3. The van der Waals surface area contributed by atoms with Crippen molar-refractivity contribution in [2.24, 2.45) is 0 Å². The van der Waals surface area contributed by atoms with E-state index < -0.39 is 0 Å². The van der Waals surface area contributed by atoms with E-state index in [4.69, 9.17) is 5.11 Å². The van der Waals surface area contributed by atoms with Gasteiger partial charge in [0, 0.05) is 17.3 Å². The maximum atomic E-state index is 9.81. The number of rotatable bonds is 5. The van der Waals surface area contributed by atoms with E-state index in [-0.39, 0.29) is 30.0 Å². The molecular formula is C11H23NO2S. The first kappa shape index (κ1) is 13.3. The lowest BCUT2D eigenvalue weighted by Crippen LogP contribution is -2.50. The summed E-state index contributed by atoms with van der Waals surface area (Å²) < 4.78 is 0. The summed E-state index contributed by atoms with van der Waals surface area (Å²) in [5, 5.41) is 22.6. The molecule has 90 valence electrons. The van der Waals surface area contributed by atoms with E-state index in [0.717, 1.165) is 19.3 Å². The van der Waals surface area contributed by atoms with Gasteiger partial charge in [-0.15, -0.1) is 0 Å². The fourth-order valence-corrected chi connectivity index (χ4v) is 2.82. The third kappa shape index (κ3) is 3.94. The molecule has 0 bridgehead atoms. The van der Waals surface area contributed by atoms with Crippen LogP contribution in [0.5, 0.6) is 0 Å². The Morgan fingerprint density at radius 3 is 2.60 bits per heavy atom. The van der Waals surface area contributed by atoms with Crippen molar-refractivity contribution in [3.63, 3.8) is 0 Å². The van der Waals surface area contributed by atoms with Crippen LogP contribution in [-0.2, 0) is 0 Å². The van der Waals surface area contributed by atoms with Crippen molar-refractivity contribution in [3.8, 4) is 0 Å². The molecule has 0 aromatic heterocycles. The average molecular weight is 233 g/mol. The number of aliphatic hydroxyl groups is 2. The first-order valence-corrected chi connectivity index (χ1v) is 7.05. The maximum absolute atomic E-state index is 9.81. The highest BCUT2D eigenvalue weighted by molar-refractivity contribution is 7.99. The quantitative estimate of drug-likeness (QED) is 0.663. The number of aliphatic hydroxyl groups excluding tert-OH is 2. The van der Waals surface area contributed by atoms with Crippen molar-refractivity contribution in [1.29, 1.82) is 0 Å². The van der Waals surface area contributed by atoms with Crippen molar-refractivity contribution < 1.29 is 10.2 Å². The molecule has 3 N–H and O–H groups in total. The smallest absolute Gasteiger partial charge is 0.0693 e. The molecule has 0 spiro atoms. The summed E-state index contributed by atoms with van der Waals surface area (Å²) >= 11 is 1.67. The number of nitrogens with one attached hydrogen (secondary N) is 1. The van der Waals surface area contributed by atoms with E-state index >= 15 is 0 Å². The highest BCUT2D eigenvalue weighted by atomic mass is 32.2. The molecule has 1 saturated carbocycles. The first-order valence-electron chi connectivity index (χ1n) is 5.76. The minimum Gasteiger partial charge on any atom is -0.395 e. The Hall–Kier alpha value is 0.230. The molecule has 4 heteroatoms. The van der Waals surface area contributed by atoms with Gasteiger partial charge in [0.2, 0.25) is 0 Å². The highest BCUT2D eigenvalue weighted by Crippen LogP contribution is 2.20. The van der Waals surface area contributed by atoms with Gasteiger partial charge >= 0.3 is 0 Å². The molecule has 0 heterocycles. The van der Waals surface area contributed by atoms with Crippen molar-refractivity contribution in [2.75, 3.05) is 12.9 Å². The van der Waals surface area contributed by atoms with Gasteiger partial charge in [0.25, 0.3) is 0 Å². The standard InChI is InChI=1S/C11H23NO2S/c1-8(11(7-13)15-2)12-9-5-3-4-6-10(9)14/h8-14H,3-7H2,1-2H3/t8?,9-,10-,11?/m1/s1. The second-order valence-electron chi connectivity index (χ2n) is 4.37. The monoisotopic (exact) mass is 233 g/mol. The van der Waals surface area contributed by atoms with Gasteiger partial charge in [0.05, 0.1) is 12.7 Å². The van der Waals surface area contributed by atoms with Crippen LogP contribution in [0.4, 0.5) is 0 Å². The average Bonchev–Trinajstić information content (AvgIpc) is 2.23. The second-order valence-corrected chi connectivity index (χ2v) is 5.45. The molecule has 1 aliphatic carbocycles. The van der Waals surface area contributed by atoms with Gasteiger partial charge in [0.15, 0.2) is 0 Å². The van der Waals surface area contributed by atoms with Crippen LogP contribution >= 0.6 is 11.8 Å². The van der Waals surface area contributed by atoms with Crippen LogP contribution in [0, 0.1) is 0 Å². The summed E-state index contributed by atoms with van der Waals surface area (Å²) in [7, 11) is 0. The Bertz CT molecular complexity index is 176.